The van der Waals surface area contributed by atoms with Crippen LogP contribution >= 0.6 is 0 Å². The summed E-state index contributed by atoms with van der Waals surface area (Å²) in [5.41, 5.74) is 4.05. The van der Waals surface area contributed by atoms with Crippen LogP contribution in [0.2, 0.25) is 0 Å². The number of hydrogen-bond donors (Lipinski definition) is 0. The second-order valence-corrected chi connectivity index (χ2v) is 9.05. The summed E-state index contributed by atoms with van der Waals surface area (Å²) >= 11 is 0. The van der Waals surface area contributed by atoms with Gasteiger partial charge in [-0.15, -0.1) is 0 Å². The lowest BCUT2D eigenvalue weighted by molar-refractivity contribution is 0.0813. The molecule has 3 heteroatoms. The molecule has 1 saturated heterocycles. The molecule has 0 aliphatic carbocycles. The van der Waals surface area contributed by atoms with Crippen molar-refractivity contribution in [3.05, 3.63) is 114 Å². The predicted molar refractivity (Wildman–Crippen MR) is 137 cm³/mol. The number of nitrogens with zero attached hydrogens (tertiary/aromatic N) is 2. The standard InChI is InChI=1S/C30H32N2O/c1-31-19-20-32(21-27-26-16-10-9-11-23(26)17-18-29(27)33-2)22-28(31)30(24-12-5-3-6-13-24)25-14-7-4-8-15-25/h3-18,28,30H,19-22H2,1-2H3. The van der Waals surface area contributed by atoms with E-state index in [1.54, 1.807) is 7.11 Å². The number of hydrogen-bond acceptors (Lipinski definition) is 3. The van der Waals surface area contributed by atoms with E-state index in [4.69, 9.17) is 4.74 Å². The summed E-state index contributed by atoms with van der Waals surface area (Å²) in [7, 11) is 4.06. The molecular formula is C30H32N2O. The molecule has 0 aromatic heterocycles. The Bertz CT molecular complexity index is 1150. The number of ether oxygens (including phenoxy) is 1. The lowest BCUT2D eigenvalue weighted by Gasteiger charge is -2.44. The maximum absolute atomic E-state index is 5.79. The van der Waals surface area contributed by atoms with Crippen LogP contribution in [0.3, 0.4) is 0 Å². The predicted octanol–water partition coefficient (Wildman–Crippen LogP) is 5.80. The minimum Gasteiger partial charge on any atom is -0.496 e. The van der Waals surface area contributed by atoms with Gasteiger partial charge in [-0.2, -0.15) is 0 Å². The summed E-state index contributed by atoms with van der Waals surface area (Å²) < 4.78 is 5.79. The molecule has 0 saturated carbocycles. The zero-order valence-corrected chi connectivity index (χ0v) is 19.5. The summed E-state index contributed by atoms with van der Waals surface area (Å²) in [6, 6.07) is 35.3. The number of benzene rings is 4. The van der Waals surface area contributed by atoms with Crippen LogP contribution in [-0.2, 0) is 6.54 Å². The molecule has 1 unspecified atom stereocenters. The SMILES string of the molecule is COc1ccc2ccccc2c1CN1CCN(C)C(C(c2ccccc2)c2ccccc2)C1. The van der Waals surface area contributed by atoms with Gasteiger partial charge in [0.2, 0.25) is 0 Å². The Hall–Kier alpha value is -3.14. The average molecular weight is 437 g/mol. The monoisotopic (exact) mass is 436 g/mol. The minimum atomic E-state index is 0.328. The van der Waals surface area contributed by atoms with Crippen LogP contribution in [0.25, 0.3) is 10.8 Å². The Labute approximate surface area is 197 Å². The smallest absolute Gasteiger partial charge is 0.123 e. The molecule has 4 aromatic rings. The Morgan fingerprint density at radius 2 is 1.42 bits per heavy atom. The van der Waals surface area contributed by atoms with E-state index in [0.29, 0.717) is 12.0 Å². The van der Waals surface area contributed by atoms with Crippen molar-refractivity contribution in [1.29, 1.82) is 0 Å². The molecule has 1 fully saturated rings. The molecule has 5 rings (SSSR count). The van der Waals surface area contributed by atoms with Crippen LogP contribution in [0.1, 0.15) is 22.6 Å². The molecule has 1 atom stereocenters. The maximum Gasteiger partial charge on any atom is 0.123 e. The van der Waals surface area contributed by atoms with E-state index in [9.17, 15) is 0 Å². The minimum absolute atomic E-state index is 0.328. The summed E-state index contributed by atoms with van der Waals surface area (Å²) in [6.45, 7) is 4.01. The quantitative estimate of drug-likeness (QED) is 0.380. The van der Waals surface area contributed by atoms with Crippen molar-refractivity contribution in [3.63, 3.8) is 0 Å². The lowest BCUT2D eigenvalue weighted by Crippen LogP contribution is -2.53. The highest BCUT2D eigenvalue weighted by Crippen LogP contribution is 2.34. The molecule has 0 radical (unpaired) electrons. The maximum atomic E-state index is 5.79. The van der Waals surface area contributed by atoms with E-state index in [-0.39, 0.29) is 0 Å². The van der Waals surface area contributed by atoms with Crippen molar-refractivity contribution < 1.29 is 4.74 Å². The fourth-order valence-corrected chi connectivity index (χ4v) is 5.32. The molecule has 33 heavy (non-hydrogen) atoms. The Balaban J connectivity index is 1.48. The first-order valence-corrected chi connectivity index (χ1v) is 11.8. The lowest BCUT2D eigenvalue weighted by atomic mass is 9.83. The van der Waals surface area contributed by atoms with Crippen molar-refractivity contribution in [1.82, 2.24) is 9.80 Å². The second-order valence-electron chi connectivity index (χ2n) is 9.05. The molecule has 0 bridgehead atoms. The molecule has 3 nitrogen and oxygen atoms in total. The van der Waals surface area contributed by atoms with Crippen molar-refractivity contribution in [2.24, 2.45) is 0 Å². The third-order valence-electron chi connectivity index (χ3n) is 7.08. The molecular weight excluding hydrogens is 404 g/mol. The first-order chi connectivity index (χ1) is 16.2. The normalized spacial score (nSPS) is 17.5. The first-order valence-electron chi connectivity index (χ1n) is 11.8. The van der Waals surface area contributed by atoms with Gasteiger partial charge in [-0.3, -0.25) is 9.80 Å². The molecule has 4 aromatic carbocycles. The van der Waals surface area contributed by atoms with Crippen LogP contribution in [-0.4, -0.2) is 49.6 Å². The van der Waals surface area contributed by atoms with Gasteiger partial charge < -0.3 is 4.74 Å². The van der Waals surface area contributed by atoms with Crippen LogP contribution in [0.15, 0.2) is 97.1 Å². The Kier molecular flexibility index (Phi) is 6.43. The van der Waals surface area contributed by atoms with Gasteiger partial charge in [-0.05, 0) is 35.0 Å². The third-order valence-corrected chi connectivity index (χ3v) is 7.08. The Morgan fingerprint density at radius 1 is 0.788 bits per heavy atom. The van der Waals surface area contributed by atoms with Crippen LogP contribution in [0, 0.1) is 0 Å². The van der Waals surface area contributed by atoms with E-state index in [1.165, 1.54) is 27.5 Å². The highest BCUT2D eigenvalue weighted by molar-refractivity contribution is 5.87. The van der Waals surface area contributed by atoms with Gasteiger partial charge in [0.1, 0.15) is 5.75 Å². The number of methoxy groups -OCH3 is 1. The number of piperazine rings is 1. The zero-order valence-electron chi connectivity index (χ0n) is 19.5. The highest BCUT2D eigenvalue weighted by atomic mass is 16.5. The average Bonchev–Trinajstić information content (AvgIpc) is 2.87. The fourth-order valence-electron chi connectivity index (χ4n) is 5.32. The molecule has 168 valence electrons. The number of fused-ring (bicyclic) bond motifs is 1. The summed E-state index contributed by atoms with van der Waals surface area (Å²) in [5, 5.41) is 2.56. The largest absolute Gasteiger partial charge is 0.496 e. The van der Waals surface area contributed by atoms with Crippen LogP contribution < -0.4 is 4.74 Å². The van der Waals surface area contributed by atoms with Crippen molar-refractivity contribution in [2.75, 3.05) is 33.8 Å². The molecule has 1 heterocycles. The van der Waals surface area contributed by atoms with Crippen molar-refractivity contribution >= 4 is 10.8 Å². The van der Waals surface area contributed by atoms with Gasteiger partial charge in [-0.25, -0.2) is 0 Å². The number of rotatable bonds is 6. The molecule has 1 aliphatic heterocycles. The van der Waals surface area contributed by atoms with Crippen LogP contribution in [0.4, 0.5) is 0 Å². The number of likely N-dealkylation sites (N-methyl/N-ethyl adjacent to an activating group) is 1. The van der Waals surface area contributed by atoms with Crippen molar-refractivity contribution in [3.8, 4) is 5.75 Å². The van der Waals surface area contributed by atoms with E-state index < -0.39 is 0 Å². The van der Waals surface area contributed by atoms with Gasteiger partial charge in [0.15, 0.2) is 0 Å². The van der Waals surface area contributed by atoms with E-state index in [0.717, 1.165) is 31.9 Å². The van der Waals surface area contributed by atoms with Crippen LogP contribution in [0.5, 0.6) is 5.75 Å². The molecule has 0 amide bonds. The summed E-state index contributed by atoms with van der Waals surface area (Å²) in [6.07, 6.45) is 0. The van der Waals surface area contributed by atoms with E-state index >= 15 is 0 Å². The van der Waals surface area contributed by atoms with E-state index in [1.807, 2.05) is 0 Å². The van der Waals surface area contributed by atoms with Gasteiger partial charge in [0, 0.05) is 43.7 Å². The van der Waals surface area contributed by atoms with Gasteiger partial charge in [0.05, 0.1) is 7.11 Å². The van der Waals surface area contributed by atoms with E-state index in [2.05, 4.69) is 114 Å². The first kappa shape index (κ1) is 21.7. The Morgan fingerprint density at radius 3 is 2.09 bits per heavy atom. The fraction of sp³-hybridized carbons (Fsp3) is 0.267. The van der Waals surface area contributed by atoms with Gasteiger partial charge in [-0.1, -0.05) is 91.0 Å². The van der Waals surface area contributed by atoms with Gasteiger partial charge >= 0.3 is 0 Å². The zero-order chi connectivity index (χ0) is 22.6. The molecule has 1 aliphatic rings. The third kappa shape index (κ3) is 4.52. The molecule has 0 spiro atoms. The van der Waals surface area contributed by atoms with Gasteiger partial charge in [0.25, 0.3) is 0 Å². The molecule has 0 N–H and O–H groups in total. The topological polar surface area (TPSA) is 15.7 Å². The van der Waals surface area contributed by atoms with Crippen molar-refractivity contribution in [2.45, 2.75) is 18.5 Å². The highest BCUT2D eigenvalue weighted by Gasteiger charge is 2.33. The summed E-state index contributed by atoms with van der Waals surface area (Å²) in [4.78, 5) is 5.15. The second kappa shape index (κ2) is 9.78. The summed E-state index contributed by atoms with van der Waals surface area (Å²) in [5.74, 6) is 1.31.